The topological polar surface area (TPSA) is 12.0 Å². The molecule has 0 saturated heterocycles. The summed E-state index contributed by atoms with van der Waals surface area (Å²) in [7, 11) is 0. The second-order valence-corrected chi connectivity index (χ2v) is 6.07. The van der Waals surface area contributed by atoms with Gasteiger partial charge in [-0.1, -0.05) is 0 Å². The van der Waals surface area contributed by atoms with Crippen LogP contribution in [0.1, 0.15) is 38.7 Å². The second-order valence-electron chi connectivity index (χ2n) is 5.29. The Labute approximate surface area is 90.5 Å². The summed E-state index contributed by atoms with van der Waals surface area (Å²) in [5, 5.41) is 8.05. The van der Waals surface area contributed by atoms with Gasteiger partial charge in [0, 0.05) is 5.54 Å². The molecule has 1 saturated carbocycles. The molecule has 2 atom stereocenters. The summed E-state index contributed by atoms with van der Waals surface area (Å²) in [5.41, 5.74) is 1.82. The number of nitrogens with one attached hydrogen (secondary N) is 1. The van der Waals surface area contributed by atoms with Crippen LogP contribution < -0.4 is 5.32 Å². The minimum absolute atomic E-state index is 0.266. The summed E-state index contributed by atoms with van der Waals surface area (Å²) in [6, 6.07) is 2.27. The lowest BCUT2D eigenvalue weighted by molar-refractivity contribution is 0.414. The molecule has 0 radical (unpaired) electrons. The highest BCUT2D eigenvalue weighted by atomic mass is 32.1. The molecule has 0 spiro atoms. The van der Waals surface area contributed by atoms with E-state index in [9.17, 15) is 0 Å². The molecule has 1 fully saturated rings. The highest BCUT2D eigenvalue weighted by molar-refractivity contribution is 7.08. The van der Waals surface area contributed by atoms with Gasteiger partial charge in [-0.2, -0.15) is 11.3 Å². The second kappa shape index (κ2) is 3.67. The van der Waals surface area contributed by atoms with Gasteiger partial charge in [0.2, 0.25) is 0 Å². The average molecular weight is 209 g/mol. The van der Waals surface area contributed by atoms with Gasteiger partial charge in [0.15, 0.2) is 0 Å². The smallest absolute Gasteiger partial charge is 0.00966 e. The molecule has 0 amide bonds. The van der Waals surface area contributed by atoms with E-state index in [0.29, 0.717) is 0 Å². The van der Waals surface area contributed by atoms with Crippen LogP contribution in [0, 0.1) is 5.92 Å². The third-order valence-electron chi connectivity index (χ3n) is 2.79. The molecular formula is C12H19NS. The normalized spacial score (nSPS) is 26.5. The van der Waals surface area contributed by atoms with Crippen LogP contribution >= 0.6 is 11.3 Å². The molecule has 1 N–H and O–H groups in total. The van der Waals surface area contributed by atoms with Gasteiger partial charge >= 0.3 is 0 Å². The van der Waals surface area contributed by atoms with Crippen molar-refractivity contribution in [2.75, 3.05) is 6.54 Å². The van der Waals surface area contributed by atoms with Crippen molar-refractivity contribution >= 4 is 11.3 Å². The first-order valence-electron chi connectivity index (χ1n) is 5.33. The maximum atomic E-state index is 3.58. The van der Waals surface area contributed by atoms with Crippen LogP contribution in [0.15, 0.2) is 16.8 Å². The Kier molecular flexibility index (Phi) is 2.67. The summed E-state index contributed by atoms with van der Waals surface area (Å²) in [6.45, 7) is 7.86. The molecule has 14 heavy (non-hydrogen) atoms. The Morgan fingerprint density at radius 1 is 1.50 bits per heavy atom. The monoisotopic (exact) mass is 209 g/mol. The van der Waals surface area contributed by atoms with Gasteiger partial charge in [0.05, 0.1) is 0 Å². The van der Waals surface area contributed by atoms with Crippen LogP contribution in [0.4, 0.5) is 0 Å². The summed E-state index contributed by atoms with van der Waals surface area (Å²) in [4.78, 5) is 0. The van der Waals surface area contributed by atoms with Gasteiger partial charge in [0.25, 0.3) is 0 Å². The van der Waals surface area contributed by atoms with Gasteiger partial charge in [-0.3, -0.25) is 0 Å². The first kappa shape index (κ1) is 10.2. The van der Waals surface area contributed by atoms with Gasteiger partial charge in [-0.25, -0.2) is 0 Å². The lowest BCUT2D eigenvalue weighted by atomic mass is 10.1. The highest BCUT2D eigenvalue weighted by Gasteiger charge is 2.38. The zero-order valence-corrected chi connectivity index (χ0v) is 10.0. The molecule has 2 unspecified atom stereocenters. The Morgan fingerprint density at radius 3 is 2.86 bits per heavy atom. The molecule has 2 heteroatoms. The van der Waals surface area contributed by atoms with Crippen molar-refractivity contribution in [3.05, 3.63) is 22.4 Å². The molecule has 1 aliphatic carbocycles. The van der Waals surface area contributed by atoms with Crippen LogP contribution in [0.3, 0.4) is 0 Å². The number of thiophene rings is 1. The molecular weight excluding hydrogens is 190 g/mol. The van der Waals surface area contributed by atoms with Crippen molar-refractivity contribution in [2.45, 2.75) is 38.6 Å². The van der Waals surface area contributed by atoms with Crippen LogP contribution in [0.5, 0.6) is 0 Å². The molecule has 1 aromatic heterocycles. The largest absolute Gasteiger partial charge is 0.312 e. The molecule has 0 aromatic carbocycles. The van der Waals surface area contributed by atoms with Crippen molar-refractivity contribution in [2.24, 2.45) is 5.92 Å². The predicted octanol–water partition coefficient (Wildman–Crippen LogP) is 3.24. The average Bonchev–Trinajstić information content (AvgIpc) is 2.65. The lowest BCUT2D eigenvalue weighted by Gasteiger charge is -2.20. The van der Waals surface area contributed by atoms with Crippen LogP contribution in [0.2, 0.25) is 0 Å². The minimum atomic E-state index is 0.266. The molecule has 0 bridgehead atoms. The Hall–Kier alpha value is -0.340. The van der Waals surface area contributed by atoms with Crippen molar-refractivity contribution in [3.8, 4) is 0 Å². The molecule has 1 aromatic rings. The van der Waals surface area contributed by atoms with E-state index in [1.165, 1.54) is 13.0 Å². The first-order valence-corrected chi connectivity index (χ1v) is 6.28. The van der Waals surface area contributed by atoms with E-state index in [4.69, 9.17) is 0 Å². The predicted molar refractivity (Wildman–Crippen MR) is 62.9 cm³/mol. The Morgan fingerprint density at radius 2 is 2.29 bits per heavy atom. The summed E-state index contributed by atoms with van der Waals surface area (Å²) >= 11 is 1.81. The van der Waals surface area contributed by atoms with Crippen LogP contribution in [-0.4, -0.2) is 12.1 Å². The maximum Gasteiger partial charge on any atom is 0.00966 e. The third kappa shape index (κ3) is 2.58. The van der Waals surface area contributed by atoms with E-state index < -0.39 is 0 Å². The van der Waals surface area contributed by atoms with Crippen LogP contribution in [0.25, 0.3) is 0 Å². The minimum Gasteiger partial charge on any atom is -0.312 e. The van der Waals surface area contributed by atoms with E-state index in [1.807, 2.05) is 11.3 Å². The van der Waals surface area contributed by atoms with E-state index in [-0.39, 0.29) is 5.54 Å². The van der Waals surface area contributed by atoms with Gasteiger partial charge < -0.3 is 5.32 Å². The zero-order valence-electron chi connectivity index (χ0n) is 9.21. The molecule has 2 rings (SSSR count). The standard InChI is InChI=1S/C12H19NS/c1-12(2,3)13-7-10-6-11(10)9-4-5-14-8-9/h4-5,8,10-11,13H,6-7H2,1-3H3. The number of hydrogen-bond donors (Lipinski definition) is 1. The quantitative estimate of drug-likeness (QED) is 0.806. The van der Waals surface area contributed by atoms with Crippen LogP contribution in [-0.2, 0) is 0 Å². The summed E-state index contributed by atoms with van der Waals surface area (Å²) in [5.74, 6) is 1.72. The van der Waals surface area contributed by atoms with Gasteiger partial charge in [-0.05, 0) is 68.0 Å². The van der Waals surface area contributed by atoms with Crippen molar-refractivity contribution < 1.29 is 0 Å². The molecule has 78 valence electrons. The zero-order chi connectivity index (χ0) is 10.2. The van der Waals surface area contributed by atoms with Crippen molar-refractivity contribution in [1.82, 2.24) is 5.32 Å². The number of rotatable bonds is 3. The van der Waals surface area contributed by atoms with Crippen molar-refractivity contribution in [1.29, 1.82) is 0 Å². The molecule has 1 aliphatic rings. The fourth-order valence-corrected chi connectivity index (χ4v) is 2.53. The molecule has 1 nitrogen and oxygen atoms in total. The number of hydrogen-bond acceptors (Lipinski definition) is 2. The molecule has 1 heterocycles. The summed E-state index contributed by atoms with van der Waals surface area (Å²) < 4.78 is 0. The highest BCUT2D eigenvalue weighted by Crippen LogP contribution is 2.47. The Bertz CT molecular complexity index is 284. The van der Waals surface area contributed by atoms with Gasteiger partial charge in [0.1, 0.15) is 0 Å². The molecule has 0 aliphatic heterocycles. The van der Waals surface area contributed by atoms with E-state index in [1.54, 1.807) is 5.56 Å². The first-order chi connectivity index (χ1) is 6.56. The fourth-order valence-electron chi connectivity index (χ4n) is 1.80. The van der Waals surface area contributed by atoms with Crippen molar-refractivity contribution in [3.63, 3.8) is 0 Å². The lowest BCUT2D eigenvalue weighted by Crippen LogP contribution is -2.37. The van der Waals surface area contributed by atoms with Gasteiger partial charge in [-0.15, -0.1) is 0 Å². The van der Waals surface area contributed by atoms with E-state index in [2.05, 4.69) is 42.9 Å². The third-order valence-corrected chi connectivity index (χ3v) is 3.49. The van der Waals surface area contributed by atoms with E-state index in [0.717, 1.165) is 11.8 Å². The SMILES string of the molecule is CC(C)(C)NCC1CC1c1ccsc1. The van der Waals surface area contributed by atoms with E-state index >= 15 is 0 Å². The fraction of sp³-hybridized carbons (Fsp3) is 0.667. The summed E-state index contributed by atoms with van der Waals surface area (Å²) in [6.07, 6.45) is 1.37. The maximum absolute atomic E-state index is 3.58. The Balaban J connectivity index is 1.78.